The molecule has 0 bridgehead atoms. The number of nitrogens with one attached hydrogen (secondary N) is 1. The van der Waals surface area contributed by atoms with Crippen molar-refractivity contribution in [1.82, 2.24) is 20.0 Å². The summed E-state index contributed by atoms with van der Waals surface area (Å²) >= 11 is 0. The average Bonchev–Trinajstić information content (AvgIpc) is 3.01. The third kappa shape index (κ3) is 3.43. The van der Waals surface area contributed by atoms with Crippen LogP contribution in [-0.2, 0) is 0 Å². The lowest BCUT2D eigenvalue weighted by Gasteiger charge is -2.11. The van der Waals surface area contributed by atoms with E-state index in [1.165, 1.54) is 10.9 Å². The van der Waals surface area contributed by atoms with E-state index in [9.17, 15) is 9.90 Å². The third-order valence-electron chi connectivity index (χ3n) is 4.94. The number of benzene rings is 2. The first kappa shape index (κ1) is 19.4. The van der Waals surface area contributed by atoms with Crippen LogP contribution in [0.5, 0.6) is 5.75 Å². The molecule has 8 nitrogen and oxygen atoms in total. The lowest BCUT2D eigenvalue weighted by molar-refractivity contribution is 0.0941. The number of carbonyl (C=O) groups is 1. The van der Waals surface area contributed by atoms with Gasteiger partial charge in [0.2, 0.25) is 0 Å². The molecular formula is C22H22N6O2. The number of phenols is 1. The Morgan fingerprint density at radius 3 is 2.57 bits per heavy atom. The zero-order valence-corrected chi connectivity index (χ0v) is 16.7. The molecule has 0 aliphatic heterocycles. The summed E-state index contributed by atoms with van der Waals surface area (Å²) in [6.45, 7) is 3.91. The highest BCUT2D eigenvalue weighted by Crippen LogP contribution is 2.28. The van der Waals surface area contributed by atoms with Gasteiger partial charge in [0.15, 0.2) is 5.65 Å². The number of anilines is 1. The largest absolute Gasteiger partial charge is 0.507 e. The van der Waals surface area contributed by atoms with Gasteiger partial charge in [-0.05, 0) is 37.6 Å². The number of nitrogens with zero attached hydrogens (tertiary/aromatic N) is 4. The molecule has 2 aromatic carbocycles. The van der Waals surface area contributed by atoms with Gasteiger partial charge < -0.3 is 16.2 Å². The average molecular weight is 402 g/mol. The van der Waals surface area contributed by atoms with Gasteiger partial charge in [0.05, 0.1) is 17.2 Å². The van der Waals surface area contributed by atoms with Crippen molar-refractivity contribution in [2.75, 3.05) is 5.73 Å². The summed E-state index contributed by atoms with van der Waals surface area (Å²) in [6.07, 6.45) is 2.25. The minimum absolute atomic E-state index is 0.0199. The van der Waals surface area contributed by atoms with E-state index in [0.29, 0.717) is 27.8 Å². The third-order valence-corrected chi connectivity index (χ3v) is 4.94. The predicted octanol–water partition coefficient (Wildman–Crippen LogP) is 3.28. The normalized spacial score (nSPS) is 12.6. The number of rotatable bonds is 5. The molecule has 0 spiro atoms. The molecule has 1 amide bonds. The van der Waals surface area contributed by atoms with Crippen LogP contribution < -0.4 is 11.1 Å². The van der Waals surface area contributed by atoms with Crippen LogP contribution in [-0.4, -0.2) is 37.9 Å². The number of aromatic nitrogens is 3. The topological polar surface area (TPSA) is 118 Å². The van der Waals surface area contributed by atoms with Gasteiger partial charge >= 0.3 is 0 Å². The molecule has 0 fully saturated rings. The lowest BCUT2D eigenvalue weighted by atomic mass is 10.2. The fourth-order valence-electron chi connectivity index (χ4n) is 3.10. The summed E-state index contributed by atoms with van der Waals surface area (Å²) in [6, 6.07) is 14.2. The predicted molar refractivity (Wildman–Crippen MR) is 118 cm³/mol. The van der Waals surface area contributed by atoms with Crippen LogP contribution >= 0.6 is 0 Å². The van der Waals surface area contributed by atoms with Crippen LogP contribution in [0.1, 0.15) is 36.2 Å². The van der Waals surface area contributed by atoms with Gasteiger partial charge in [-0.2, -0.15) is 9.78 Å². The standard InChI is InChI=1S/C22H22N6O2/c1-3-13(2)25-22(30)18-19-21(27-16-10-6-5-9-15(16)26-19)28(20(18)23)24-12-14-8-4-7-11-17(14)29/h4-13,29H,3,23H2,1-2H3,(H,25,30)/b24-12-/t13-/m1/s1. The minimum Gasteiger partial charge on any atom is -0.507 e. The zero-order valence-electron chi connectivity index (χ0n) is 16.7. The fourth-order valence-corrected chi connectivity index (χ4v) is 3.10. The van der Waals surface area contributed by atoms with Crippen LogP contribution in [0.15, 0.2) is 53.6 Å². The van der Waals surface area contributed by atoms with Crippen molar-refractivity contribution in [2.24, 2.45) is 5.10 Å². The SMILES string of the molecule is CC[C@@H](C)NC(=O)c1c(N)n(/N=C\c2ccccc2O)c2nc3ccccc3nc12. The Labute approximate surface area is 173 Å². The van der Waals surface area contributed by atoms with Crippen molar-refractivity contribution in [3.8, 4) is 5.75 Å². The number of hydrogen-bond acceptors (Lipinski definition) is 6. The first-order valence-electron chi connectivity index (χ1n) is 9.69. The van der Waals surface area contributed by atoms with Crippen LogP contribution in [0.2, 0.25) is 0 Å². The Morgan fingerprint density at radius 2 is 1.87 bits per heavy atom. The van der Waals surface area contributed by atoms with Crippen molar-refractivity contribution in [1.29, 1.82) is 0 Å². The molecule has 4 N–H and O–H groups in total. The Bertz CT molecular complexity index is 1280. The number of nitrogen functional groups attached to an aromatic ring is 1. The second kappa shape index (κ2) is 7.82. The maximum atomic E-state index is 13.0. The summed E-state index contributed by atoms with van der Waals surface area (Å²) in [4.78, 5) is 22.2. The molecule has 2 aromatic heterocycles. The second-order valence-corrected chi connectivity index (χ2v) is 7.04. The molecule has 1 atom stereocenters. The van der Waals surface area contributed by atoms with E-state index in [-0.39, 0.29) is 29.1 Å². The van der Waals surface area contributed by atoms with Crippen molar-refractivity contribution >= 4 is 40.1 Å². The molecule has 30 heavy (non-hydrogen) atoms. The number of nitrogens with two attached hydrogens (primary N) is 1. The van der Waals surface area contributed by atoms with E-state index in [1.807, 2.05) is 38.1 Å². The molecule has 0 aliphatic rings. The van der Waals surface area contributed by atoms with E-state index in [1.54, 1.807) is 24.3 Å². The Morgan fingerprint density at radius 1 is 1.20 bits per heavy atom. The smallest absolute Gasteiger partial charge is 0.257 e. The maximum Gasteiger partial charge on any atom is 0.257 e. The molecule has 0 aliphatic carbocycles. The monoisotopic (exact) mass is 402 g/mol. The first-order chi connectivity index (χ1) is 14.5. The molecule has 0 unspecified atom stereocenters. The summed E-state index contributed by atoms with van der Waals surface area (Å²) in [7, 11) is 0. The van der Waals surface area contributed by atoms with Gasteiger partial charge in [-0.15, -0.1) is 0 Å². The van der Waals surface area contributed by atoms with Gasteiger partial charge in [-0.1, -0.05) is 31.2 Å². The van der Waals surface area contributed by atoms with E-state index < -0.39 is 0 Å². The molecule has 2 heterocycles. The highest BCUT2D eigenvalue weighted by Gasteiger charge is 2.24. The number of phenolic OH excluding ortho intramolecular Hbond substituents is 1. The van der Waals surface area contributed by atoms with Crippen LogP contribution in [0.4, 0.5) is 5.82 Å². The number of amides is 1. The van der Waals surface area contributed by atoms with Crippen molar-refractivity contribution in [3.05, 3.63) is 59.7 Å². The van der Waals surface area contributed by atoms with Gasteiger partial charge in [0, 0.05) is 11.6 Å². The fraction of sp³-hybridized carbons (Fsp3) is 0.182. The molecule has 152 valence electrons. The summed E-state index contributed by atoms with van der Waals surface area (Å²) in [5, 5.41) is 17.3. The molecule has 8 heteroatoms. The first-order valence-corrected chi connectivity index (χ1v) is 9.69. The number of carbonyl (C=O) groups excluding carboxylic acids is 1. The number of fused-ring (bicyclic) bond motifs is 2. The molecule has 0 saturated heterocycles. The van der Waals surface area contributed by atoms with Gasteiger partial charge in [0.1, 0.15) is 22.6 Å². The van der Waals surface area contributed by atoms with E-state index in [0.717, 1.165) is 6.42 Å². The number of para-hydroxylation sites is 3. The Balaban J connectivity index is 1.92. The van der Waals surface area contributed by atoms with Crippen molar-refractivity contribution < 1.29 is 9.90 Å². The molecule has 4 rings (SSSR count). The summed E-state index contributed by atoms with van der Waals surface area (Å²) < 4.78 is 1.38. The highest BCUT2D eigenvalue weighted by atomic mass is 16.3. The van der Waals surface area contributed by atoms with E-state index >= 15 is 0 Å². The van der Waals surface area contributed by atoms with Gasteiger partial charge in [0.25, 0.3) is 5.91 Å². The quantitative estimate of drug-likeness (QED) is 0.443. The van der Waals surface area contributed by atoms with Crippen molar-refractivity contribution in [3.63, 3.8) is 0 Å². The number of aromatic hydroxyl groups is 1. The molecule has 0 saturated carbocycles. The second-order valence-electron chi connectivity index (χ2n) is 7.04. The number of hydrogen-bond donors (Lipinski definition) is 3. The van der Waals surface area contributed by atoms with Crippen LogP contribution in [0, 0.1) is 0 Å². The Hall–Kier alpha value is -3.94. The lowest BCUT2D eigenvalue weighted by Crippen LogP contribution is -2.32. The van der Waals surface area contributed by atoms with Crippen LogP contribution in [0.3, 0.4) is 0 Å². The highest BCUT2D eigenvalue weighted by molar-refractivity contribution is 6.10. The molecule has 4 aromatic rings. The Kier molecular flexibility index (Phi) is 5.05. The van der Waals surface area contributed by atoms with E-state index in [4.69, 9.17) is 5.73 Å². The minimum atomic E-state index is -0.326. The van der Waals surface area contributed by atoms with Gasteiger partial charge in [-0.25, -0.2) is 9.97 Å². The zero-order chi connectivity index (χ0) is 21.3. The van der Waals surface area contributed by atoms with Gasteiger partial charge in [-0.3, -0.25) is 4.79 Å². The van der Waals surface area contributed by atoms with Crippen LogP contribution in [0.25, 0.3) is 22.2 Å². The summed E-state index contributed by atoms with van der Waals surface area (Å²) in [5.41, 5.74) is 9.15. The molecule has 0 radical (unpaired) electrons. The maximum absolute atomic E-state index is 13.0. The van der Waals surface area contributed by atoms with E-state index in [2.05, 4.69) is 20.4 Å². The molecular weight excluding hydrogens is 380 g/mol. The van der Waals surface area contributed by atoms with Crippen molar-refractivity contribution in [2.45, 2.75) is 26.3 Å². The summed E-state index contributed by atoms with van der Waals surface area (Å²) in [5.74, 6) is -0.108.